The molecule has 0 spiro atoms. The van der Waals surface area contributed by atoms with Gasteiger partial charge in [-0.05, 0) is 48.5 Å². The van der Waals surface area contributed by atoms with Crippen molar-refractivity contribution in [3.05, 3.63) is 70.8 Å². The summed E-state index contributed by atoms with van der Waals surface area (Å²) in [5.74, 6) is 0. The van der Waals surface area contributed by atoms with Gasteiger partial charge >= 0.3 is 0 Å². The van der Waals surface area contributed by atoms with E-state index in [1.165, 1.54) is 0 Å². The van der Waals surface area contributed by atoms with Gasteiger partial charge in [-0.1, -0.05) is 54.1 Å². The highest BCUT2D eigenvalue weighted by atomic mass is 35.5. The molecule has 0 aromatic heterocycles. The first-order valence-corrected chi connectivity index (χ1v) is 7.51. The van der Waals surface area contributed by atoms with Crippen molar-refractivity contribution in [2.24, 2.45) is 5.10 Å². The van der Waals surface area contributed by atoms with Crippen molar-refractivity contribution in [3.8, 4) is 0 Å². The van der Waals surface area contributed by atoms with E-state index in [9.17, 15) is 0 Å². The maximum Gasteiger partial charge on any atom is 0.191 e. The van der Waals surface area contributed by atoms with Gasteiger partial charge in [0.2, 0.25) is 0 Å². The van der Waals surface area contributed by atoms with Crippen LogP contribution in [0.5, 0.6) is 0 Å². The van der Waals surface area contributed by atoms with E-state index >= 15 is 0 Å². The Morgan fingerprint density at radius 2 is 1.91 bits per heavy atom. The Morgan fingerprint density at radius 1 is 1.14 bits per heavy atom. The first-order chi connectivity index (χ1) is 10.6. The molecule has 5 heteroatoms. The van der Waals surface area contributed by atoms with Crippen molar-refractivity contribution in [1.82, 2.24) is 5.43 Å². The smallest absolute Gasteiger partial charge is 0.191 e. The Hall–Kier alpha value is -2.17. The van der Waals surface area contributed by atoms with Crippen LogP contribution < -0.4 is 10.7 Å². The fourth-order valence-corrected chi connectivity index (χ4v) is 2.13. The Labute approximate surface area is 140 Å². The predicted molar refractivity (Wildman–Crippen MR) is 99.4 cm³/mol. The van der Waals surface area contributed by atoms with Gasteiger partial charge in [0.15, 0.2) is 5.11 Å². The van der Waals surface area contributed by atoms with Gasteiger partial charge in [0.1, 0.15) is 0 Å². The van der Waals surface area contributed by atoms with Crippen LogP contribution in [0.2, 0.25) is 5.02 Å². The number of benzene rings is 2. The van der Waals surface area contributed by atoms with Crippen molar-refractivity contribution >= 4 is 46.9 Å². The third kappa shape index (κ3) is 5.68. The topological polar surface area (TPSA) is 36.4 Å². The number of hydrazone groups is 1. The molecule has 112 valence electrons. The molecular formula is C17H16ClN3S. The predicted octanol–water partition coefficient (Wildman–Crippen LogP) is 4.72. The zero-order chi connectivity index (χ0) is 15.8. The second-order valence-electron chi connectivity index (χ2n) is 4.63. The van der Waals surface area contributed by atoms with E-state index in [0.29, 0.717) is 10.1 Å². The molecular weight excluding hydrogens is 314 g/mol. The fraction of sp³-hybridized carbons (Fsp3) is 0.0588. The molecule has 0 saturated heterocycles. The number of nitrogens with one attached hydrogen (secondary N) is 2. The number of hydrogen-bond donors (Lipinski definition) is 2. The van der Waals surface area contributed by atoms with Crippen LogP contribution in [0.25, 0.3) is 6.08 Å². The van der Waals surface area contributed by atoms with Gasteiger partial charge in [-0.25, -0.2) is 0 Å². The molecule has 0 fully saturated rings. The Bertz CT molecular complexity index is 696. The minimum atomic E-state index is 0.408. The number of nitrogens with zero attached hydrogens (tertiary/aromatic N) is 1. The number of allylic oxidation sites excluding steroid dienone is 1. The quantitative estimate of drug-likeness (QED) is 0.484. The van der Waals surface area contributed by atoms with E-state index in [4.69, 9.17) is 23.8 Å². The monoisotopic (exact) mass is 329 g/mol. The standard InChI is InChI=1S/C17H16ClN3S/c1-13(10-14-6-3-2-4-7-14)12-19-21-17(22)20-16-9-5-8-15(18)11-16/h2-12H,1H3,(H2,20,21,22)/b13-10-,19-12-. The fourth-order valence-electron chi connectivity index (χ4n) is 1.77. The molecule has 2 N–H and O–H groups in total. The van der Waals surface area contributed by atoms with Crippen LogP contribution in [0.15, 0.2) is 65.3 Å². The van der Waals surface area contributed by atoms with Crippen LogP contribution in [0, 0.1) is 0 Å². The average Bonchev–Trinajstić information content (AvgIpc) is 2.48. The van der Waals surface area contributed by atoms with Crippen LogP contribution >= 0.6 is 23.8 Å². The second kappa shape index (κ2) is 8.32. The molecule has 0 amide bonds. The van der Waals surface area contributed by atoms with Crippen LogP contribution in [0.1, 0.15) is 12.5 Å². The van der Waals surface area contributed by atoms with Gasteiger partial charge in [0, 0.05) is 10.7 Å². The molecule has 0 atom stereocenters. The molecule has 3 nitrogen and oxygen atoms in total. The molecule has 0 aliphatic carbocycles. The number of rotatable bonds is 4. The molecule has 0 saturated carbocycles. The maximum atomic E-state index is 5.91. The zero-order valence-electron chi connectivity index (χ0n) is 12.1. The van der Waals surface area contributed by atoms with E-state index in [0.717, 1.165) is 16.8 Å². The molecule has 0 radical (unpaired) electrons. The van der Waals surface area contributed by atoms with Gasteiger partial charge in [-0.15, -0.1) is 0 Å². The number of thiocarbonyl (C=S) groups is 1. The Kier molecular flexibility index (Phi) is 6.13. The molecule has 2 rings (SSSR count). The van der Waals surface area contributed by atoms with Gasteiger partial charge in [0.25, 0.3) is 0 Å². The largest absolute Gasteiger partial charge is 0.331 e. The van der Waals surface area contributed by atoms with Crippen molar-refractivity contribution in [2.75, 3.05) is 5.32 Å². The van der Waals surface area contributed by atoms with E-state index in [1.54, 1.807) is 18.3 Å². The Morgan fingerprint density at radius 3 is 2.64 bits per heavy atom. The van der Waals surface area contributed by atoms with Gasteiger partial charge in [-0.3, -0.25) is 5.43 Å². The third-order valence-corrected chi connectivity index (χ3v) is 3.14. The third-order valence-electron chi connectivity index (χ3n) is 2.71. The summed E-state index contributed by atoms with van der Waals surface area (Å²) in [6.07, 6.45) is 3.76. The summed E-state index contributed by atoms with van der Waals surface area (Å²) in [5, 5.41) is 8.17. The summed E-state index contributed by atoms with van der Waals surface area (Å²) in [6.45, 7) is 1.98. The molecule has 2 aromatic carbocycles. The summed E-state index contributed by atoms with van der Waals surface area (Å²) in [4.78, 5) is 0. The molecule has 0 bridgehead atoms. The van der Waals surface area contributed by atoms with E-state index in [2.05, 4.69) is 15.8 Å². The van der Waals surface area contributed by atoms with Crippen molar-refractivity contribution in [1.29, 1.82) is 0 Å². The van der Waals surface area contributed by atoms with Crippen molar-refractivity contribution in [3.63, 3.8) is 0 Å². The highest BCUT2D eigenvalue weighted by Gasteiger charge is 1.96. The van der Waals surface area contributed by atoms with Crippen LogP contribution in [-0.2, 0) is 0 Å². The number of anilines is 1. The van der Waals surface area contributed by atoms with Gasteiger partial charge in [-0.2, -0.15) is 5.10 Å². The molecule has 0 aliphatic heterocycles. The highest BCUT2D eigenvalue weighted by molar-refractivity contribution is 7.80. The summed E-state index contributed by atoms with van der Waals surface area (Å²) >= 11 is 11.1. The minimum Gasteiger partial charge on any atom is -0.331 e. The van der Waals surface area contributed by atoms with Gasteiger partial charge < -0.3 is 5.32 Å². The molecule has 22 heavy (non-hydrogen) atoms. The highest BCUT2D eigenvalue weighted by Crippen LogP contribution is 2.14. The van der Waals surface area contributed by atoms with Crippen LogP contribution in [0.3, 0.4) is 0 Å². The summed E-state index contributed by atoms with van der Waals surface area (Å²) in [7, 11) is 0. The summed E-state index contributed by atoms with van der Waals surface area (Å²) in [6, 6.07) is 17.4. The lowest BCUT2D eigenvalue weighted by molar-refractivity contribution is 1.05. The number of hydrogen-bond acceptors (Lipinski definition) is 2. The normalized spacial score (nSPS) is 11.5. The van der Waals surface area contributed by atoms with E-state index in [-0.39, 0.29) is 0 Å². The lowest BCUT2D eigenvalue weighted by atomic mass is 10.1. The van der Waals surface area contributed by atoms with Crippen molar-refractivity contribution < 1.29 is 0 Å². The maximum absolute atomic E-state index is 5.91. The first-order valence-electron chi connectivity index (χ1n) is 6.72. The van der Waals surface area contributed by atoms with Crippen molar-refractivity contribution in [2.45, 2.75) is 6.92 Å². The van der Waals surface area contributed by atoms with E-state index < -0.39 is 0 Å². The lowest BCUT2D eigenvalue weighted by Gasteiger charge is -2.06. The first kappa shape index (κ1) is 16.2. The summed E-state index contributed by atoms with van der Waals surface area (Å²) < 4.78 is 0. The summed E-state index contributed by atoms with van der Waals surface area (Å²) in [5.41, 5.74) is 5.74. The van der Waals surface area contributed by atoms with E-state index in [1.807, 2.05) is 55.5 Å². The second-order valence-corrected chi connectivity index (χ2v) is 5.48. The molecule has 0 heterocycles. The lowest BCUT2D eigenvalue weighted by Crippen LogP contribution is -2.23. The number of halogens is 1. The molecule has 2 aromatic rings. The zero-order valence-corrected chi connectivity index (χ0v) is 13.7. The molecule has 0 aliphatic rings. The van der Waals surface area contributed by atoms with Crippen LogP contribution in [-0.4, -0.2) is 11.3 Å². The molecule has 0 unspecified atom stereocenters. The Balaban J connectivity index is 1.86. The average molecular weight is 330 g/mol. The minimum absolute atomic E-state index is 0.408. The SMILES string of the molecule is CC(/C=N\NC(=S)Nc1cccc(Cl)c1)=C/c1ccccc1. The van der Waals surface area contributed by atoms with Gasteiger partial charge in [0.05, 0.1) is 6.21 Å². The van der Waals surface area contributed by atoms with Crippen LogP contribution in [0.4, 0.5) is 5.69 Å².